The second-order valence-electron chi connectivity index (χ2n) is 8.38. The Balaban J connectivity index is 1.52. The minimum absolute atomic E-state index is 0.0977. The minimum Gasteiger partial charge on any atom is -0.494 e. The number of ether oxygens (including phenoxy) is 1. The molecule has 1 amide bonds. The highest BCUT2D eigenvalue weighted by Crippen LogP contribution is 2.26. The van der Waals surface area contributed by atoms with Crippen LogP contribution in [0.2, 0.25) is 5.02 Å². The van der Waals surface area contributed by atoms with Crippen molar-refractivity contribution in [2.45, 2.75) is 31.7 Å². The second-order valence-corrected chi connectivity index (χ2v) is 10.4. The van der Waals surface area contributed by atoms with Gasteiger partial charge in [-0.05, 0) is 79.9 Å². The first-order chi connectivity index (χ1) is 17.2. The van der Waals surface area contributed by atoms with E-state index in [1.54, 1.807) is 10.6 Å². The number of hydrogen-bond donors (Lipinski definition) is 1. The number of carbonyl (C=O) groups excluding carboxylic acids is 1. The number of hydrogen-bond acceptors (Lipinski definition) is 5. The lowest BCUT2D eigenvalue weighted by Crippen LogP contribution is -2.32. The van der Waals surface area contributed by atoms with E-state index in [-0.39, 0.29) is 10.6 Å². The van der Waals surface area contributed by atoms with Gasteiger partial charge in [-0.25, -0.2) is 13.1 Å². The maximum absolute atomic E-state index is 13.1. The third-order valence-corrected chi connectivity index (χ3v) is 7.71. The highest BCUT2D eigenvalue weighted by atomic mass is 35.5. The van der Waals surface area contributed by atoms with E-state index in [1.165, 1.54) is 24.3 Å². The zero-order valence-electron chi connectivity index (χ0n) is 19.8. The van der Waals surface area contributed by atoms with Gasteiger partial charge in [-0.1, -0.05) is 29.8 Å². The van der Waals surface area contributed by atoms with Crippen LogP contribution in [0.1, 0.15) is 33.6 Å². The van der Waals surface area contributed by atoms with Crippen molar-refractivity contribution < 1.29 is 17.9 Å². The third-order valence-electron chi connectivity index (χ3n) is 5.77. The number of halogens is 1. The number of benzene rings is 3. The number of nitriles is 1. The van der Waals surface area contributed by atoms with Gasteiger partial charge in [-0.2, -0.15) is 5.26 Å². The number of nitrogens with zero attached hydrogens (tertiary/aromatic N) is 2. The first kappa shape index (κ1) is 25.3. The fraction of sp³-hybridized carbons (Fsp3) is 0.185. The highest BCUT2D eigenvalue weighted by Gasteiger charge is 2.22. The van der Waals surface area contributed by atoms with Crippen molar-refractivity contribution in [3.63, 3.8) is 0 Å². The standard InChI is InChI=1S/C27H24ClN3O4S/c1-18-14-22(15-19(2)26(18)28)35-13-5-12-31-24-7-4-3-6-21(24)16-25(31)27(32)30-36(33,34)23-10-8-20(17-29)9-11-23/h3-4,6-11,14-16H,5,12-13H2,1-2H3,(H,30,32). The Labute approximate surface area is 214 Å². The van der Waals surface area contributed by atoms with Gasteiger partial charge in [0, 0.05) is 22.5 Å². The Morgan fingerprint density at radius 2 is 1.72 bits per heavy atom. The van der Waals surface area contributed by atoms with E-state index < -0.39 is 15.9 Å². The number of rotatable bonds is 8. The summed E-state index contributed by atoms with van der Waals surface area (Å²) in [7, 11) is -4.12. The number of para-hydroxylation sites is 1. The molecule has 0 unspecified atom stereocenters. The lowest BCUT2D eigenvalue weighted by atomic mass is 10.1. The van der Waals surface area contributed by atoms with E-state index >= 15 is 0 Å². The summed E-state index contributed by atoms with van der Waals surface area (Å²) in [4.78, 5) is 13.0. The Bertz CT molecular complexity index is 1560. The average Bonchev–Trinajstić information content (AvgIpc) is 3.23. The quantitative estimate of drug-likeness (QED) is 0.314. The molecule has 36 heavy (non-hydrogen) atoms. The van der Waals surface area contributed by atoms with Gasteiger partial charge in [0.2, 0.25) is 0 Å². The van der Waals surface area contributed by atoms with Crippen LogP contribution in [0.4, 0.5) is 0 Å². The number of fused-ring (bicyclic) bond motifs is 1. The van der Waals surface area contributed by atoms with Crippen LogP contribution >= 0.6 is 11.6 Å². The van der Waals surface area contributed by atoms with Crippen LogP contribution in [-0.4, -0.2) is 25.5 Å². The molecule has 0 atom stereocenters. The molecule has 1 N–H and O–H groups in total. The normalized spacial score (nSPS) is 11.3. The van der Waals surface area contributed by atoms with E-state index in [4.69, 9.17) is 21.6 Å². The molecule has 0 aliphatic heterocycles. The highest BCUT2D eigenvalue weighted by molar-refractivity contribution is 7.90. The predicted molar refractivity (Wildman–Crippen MR) is 139 cm³/mol. The van der Waals surface area contributed by atoms with Crippen molar-refractivity contribution in [3.05, 3.63) is 94.1 Å². The number of aromatic nitrogens is 1. The largest absolute Gasteiger partial charge is 0.494 e. The van der Waals surface area contributed by atoms with Crippen LogP contribution in [0.3, 0.4) is 0 Å². The number of carbonyl (C=O) groups is 1. The molecular weight excluding hydrogens is 498 g/mol. The van der Waals surface area contributed by atoms with Crippen LogP contribution < -0.4 is 9.46 Å². The van der Waals surface area contributed by atoms with Crippen LogP contribution in [0.5, 0.6) is 5.75 Å². The van der Waals surface area contributed by atoms with Crippen molar-refractivity contribution in [2.75, 3.05) is 6.61 Å². The molecule has 0 radical (unpaired) electrons. The van der Waals surface area contributed by atoms with Crippen LogP contribution in [0.15, 0.2) is 71.6 Å². The molecule has 0 aliphatic rings. The van der Waals surface area contributed by atoms with E-state index in [0.29, 0.717) is 30.2 Å². The van der Waals surface area contributed by atoms with E-state index in [2.05, 4.69) is 4.72 Å². The molecule has 0 spiro atoms. The Morgan fingerprint density at radius 1 is 1.06 bits per heavy atom. The Hall–Kier alpha value is -3.80. The van der Waals surface area contributed by atoms with Crippen LogP contribution in [0, 0.1) is 25.2 Å². The summed E-state index contributed by atoms with van der Waals surface area (Å²) in [6.45, 7) is 4.69. The molecule has 0 saturated carbocycles. The lowest BCUT2D eigenvalue weighted by Gasteiger charge is -2.13. The van der Waals surface area contributed by atoms with E-state index in [0.717, 1.165) is 27.8 Å². The molecular formula is C27H24ClN3O4S. The predicted octanol–water partition coefficient (Wildman–Crippen LogP) is 5.37. The van der Waals surface area contributed by atoms with Crippen molar-refractivity contribution in [3.8, 4) is 11.8 Å². The van der Waals surface area contributed by atoms with E-state index in [9.17, 15) is 13.2 Å². The number of nitrogens with one attached hydrogen (secondary N) is 1. The fourth-order valence-electron chi connectivity index (χ4n) is 3.98. The smallest absolute Gasteiger partial charge is 0.281 e. The second kappa shape index (κ2) is 10.4. The Kier molecular flexibility index (Phi) is 7.34. The van der Waals surface area contributed by atoms with Crippen molar-refractivity contribution >= 4 is 38.4 Å². The van der Waals surface area contributed by atoms with Gasteiger partial charge < -0.3 is 9.30 Å². The van der Waals surface area contributed by atoms with Gasteiger partial charge in [0.05, 0.1) is 23.1 Å². The maximum Gasteiger partial charge on any atom is 0.281 e. The number of amides is 1. The molecule has 3 aromatic carbocycles. The van der Waals surface area contributed by atoms with Crippen molar-refractivity contribution in [1.29, 1.82) is 5.26 Å². The fourth-order valence-corrected chi connectivity index (χ4v) is 5.05. The van der Waals surface area contributed by atoms with E-state index in [1.807, 2.05) is 56.3 Å². The van der Waals surface area contributed by atoms with Crippen molar-refractivity contribution in [1.82, 2.24) is 9.29 Å². The van der Waals surface area contributed by atoms with Gasteiger partial charge in [0.1, 0.15) is 11.4 Å². The lowest BCUT2D eigenvalue weighted by molar-refractivity contribution is 0.0972. The molecule has 0 fully saturated rings. The molecule has 1 aromatic heterocycles. The summed E-state index contributed by atoms with van der Waals surface area (Å²) < 4.78 is 35.4. The van der Waals surface area contributed by atoms with Gasteiger partial charge in [0.15, 0.2) is 0 Å². The number of aryl methyl sites for hydroxylation is 3. The summed E-state index contributed by atoms with van der Waals surface area (Å²) in [6, 6.07) is 20.2. The minimum atomic E-state index is -4.12. The van der Waals surface area contributed by atoms with Crippen molar-refractivity contribution in [2.24, 2.45) is 0 Å². The molecule has 7 nitrogen and oxygen atoms in total. The molecule has 9 heteroatoms. The first-order valence-corrected chi connectivity index (χ1v) is 13.1. The summed E-state index contributed by atoms with van der Waals surface area (Å²) in [5.74, 6) is -0.0151. The summed E-state index contributed by atoms with van der Waals surface area (Å²) in [5, 5.41) is 10.5. The van der Waals surface area contributed by atoms with Gasteiger partial charge in [0.25, 0.3) is 15.9 Å². The monoisotopic (exact) mass is 521 g/mol. The molecule has 0 aliphatic carbocycles. The summed E-state index contributed by atoms with van der Waals surface area (Å²) >= 11 is 6.23. The average molecular weight is 522 g/mol. The molecule has 184 valence electrons. The molecule has 4 rings (SSSR count). The van der Waals surface area contributed by atoms with Crippen LogP contribution in [0.25, 0.3) is 10.9 Å². The first-order valence-electron chi connectivity index (χ1n) is 11.2. The molecule has 0 saturated heterocycles. The zero-order chi connectivity index (χ0) is 25.9. The third kappa shape index (κ3) is 5.38. The molecule has 0 bridgehead atoms. The van der Waals surface area contributed by atoms with Crippen LogP contribution in [-0.2, 0) is 16.6 Å². The molecule has 4 aromatic rings. The molecule has 1 heterocycles. The van der Waals surface area contributed by atoms with Gasteiger partial charge >= 0.3 is 0 Å². The Morgan fingerprint density at radius 3 is 2.39 bits per heavy atom. The SMILES string of the molecule is Cc1cc(OCCCn2c(C(=O)NS(=O)(=O)c3ccc(C#N)cc3)cc3ccccc32)cc(C)c1Cl. The summed E-state index contributed by atoms with van der Waals surface area (Å²) in [5.41, 5.74) is 3.24. The number of sulfonamides is 1. The maximum atomic E-state index is 13.1. The summed E-state index contributed by atoms with van der Waals surface area (Å²) in [6.07, 6.45) is 0.585. The van der Waals surface area contributed by atoms with Gasteiger partial charge in [-0.3, -0.25) is 4.79 Å². The zero-order valence-corrected chi connectivity index (χ0v) is 21.4. The topological polar surface area (TPSA) is 101 Å². The van der Waals surface area contributed by atoms with Gasteiger partial charge in [-0.15, -0.1) is 0 Å².